The van der Waals surface area contributed by atoms with Crippen LogP contribution in [0.2, 0.25) is 0 Å². The zero-order valence-electron chi connectivity index (χ0n) is 15.1. The number of anilines is 1. The Morgan fingerprint density at radius 2 is 1.93 bits per heavy atom. The molecule has 0 spiro atoms. The van der Waals surface area contributed by atoms with Crippen LogP contribution in [0.25, 0.3) is 0 Å². The number of nitriles is 1. The third kappa shape index (κ3) is 5.76. The molecule has 0 unspecified atom stereocenters. The first-order chi connectivity index (χ1) is 13.1. The van der Waals surface area contributed by atoms with Crippen molar-refractivity contribution in [3.63, 3.8) is 0 Å². The molecule has 2 aromatic rings. The Balaban J connectivity index is 1.96. The molecule has 2 rings (SSSR count). The first kappa shape index (κ1) is 20.3. The summed E-state index contributed by atoms with van der Waals surface area (Å²) in [6.07, 6.45) is 2.18. The number of rotatable bonds is 8. The van der Waals surface area contributed by atoms with Crippen molar-refractivity contribution in [1.29, 1.82) is 5.26 Å². The third-order valence-corrected chi connectivity index (χ3v) is 4.52. The van der Waals surface area contributed by atoms with Gasteiger partial charge >= 0.3 is 0 Å². The highest BCUT2D eigenvalue weighted by molar-refractivity contribution is 9.10. The number of ether oxygens (including phenoxy) is 2. The Labute approximate surface area is 166 Å². The average molecular weight is 430 g/mol. The second kappa shape index (κ2) is 10.2. The van der Waals surface area contributed by atoms with Crippen LogP contribution in [-0.2, 0) is 11.2 Å². The van der Waals surface area contributed by atoms with E-state index >= 15 is 0 Å². The quantitative estimate of drug-likeness (QED) is 0.380. The molecule has 0 heterocycles. The summed E-state index contributed by atoms with van der Waals surface area (Å²) in [5, 5.41) is 14.9. The Bertz CT molecular complexity index is 875. The number of carbonyl (C=O) groups excluding carboxylic acids is 1. The van der Waals surface area contributed by atoms with Crippen LogP contribution in [0.3, 0.4) is 0 Å². The van der Waals surface area contributed by atoms with E-state index in [1.165, 1.54) is 20.4 Å². The fraction of sp³-hybridized carbons (Fsp3) is 0.200. The molecule has 2 aromatic carbocycles. The molecular weight excluding hydrogens is 410 g/mol. The van der Waals surface area contributed by atoms with Gasteiger partial charge in [0.15, 0.2) is 11.5 Å². The lowest BCUT2D eigenvalue weighted by molar-refractivity contribution is -0.112. The van der Waals surface area contributed by atoms with Crippen molar-refractivity contribution in [2.24, 2.45) is 0 Å². The first-order valence-electron chi connectivity index (χ1n) is 8.19. The van der Waals surface area contributed by atoms with Gasteiger partial charge in [-0.3, -0.25) is 4.79 Å². The number of hydrogen-bond acceptors (Lipinski definition) is 5. The van der Waals surface area contributed by atoms with Crippen molar-refractivity contribution in [2.45, 2.75) is 6.42 Å². The van der Waals surface area contributed by atoms with E-state index in [-0.39, 0.29) is 5.57 Å². The minimum Gasteiger partial charge on any atom is -0.493 e. The summed E-state index contributed by atoms with van der Waals surface area (Å²) in [5.41, 5.74) is 1.63. The van der Waals surface area contributed by atoms with Gasteiger partial charge in [0.05, 0.1) is 14.2 Å². The second-order valence-electron chi connectivity index (χ2n) is 5.49. The summed E-state index contributed by atoms with van der Waals surface area (Å²) in [7, 11) is 3.05. The number of benzene rings is 2. The van der Waals surface area contributed by atoms with Crippen LogP contribution < -0.4 is 20.1 Å². The second-order valence-corrected chi connectivity index (χ2v) is 6.34. The standard InChI is InChI=1S/C20H20BrN3O3/c1-26-18-8-7-16(11-19(18)27-2)24-20(25)15(12-22)13-23-10-9-14-5-3-4-6-17(14)21/h3-8,11,13,23H,9-10H2,1-2H3,(H,24,25)/b15-13-. The molecule has 0 radical (unpaired) electrons. The normalized spacial score (nSPS) is 10.7. The molecule has 27 heavy (non-hydrogen) atoms. The minimum absolute atomic E-state index is 0.0167. The van der Waals surface area contributed by atoms with Crippen molar-refractivity contribution in [3.8, 4) is 17.6 Å². The Hall–Kier alpha value is -2.98. The van der Waals surface area contributed by atoms with E-state index in [1.807, 2.05) is 30.3 Å². The van der Waals surface area contributed by atoms with E-state index in [9.17, 15) is 10.1 Å². The number of nitrogens with one attached hydrogen (secondary N) is 2. The van der Waals surface area contributed by atoms with Gasteiger partial charge in [0.2, 0.25) is 0 Å². The lowest BCUT2D eigenvalue weighted by Crippen LogP contribution is -2.18. The summed E-state index contributed by atoms with van der Waals surface area (Å²) < 4.78 is 11.4. The molecule has 0 saturated carbocycles. The topological polar surface area (TPSA) is 83.4 Å². The molecule has 2 N–H and O–H groups in total. The fourth-order valence-electron chi connectivity index (χ4n) is 2.34. The van der Waals surface area contributed by atoms with Gasteiger partial charge in [-0.05, 0) is 30.2 Å². The number of carbonyl (C=O) groups is 1. The number of nitrogens with zero attached hydrogens (tertiary/aromatic N) is 1. The number of methoxy groups -OCH3 is 2. The summed E-state index contributed by atoms with van der Waals surface area (Å²) in [6.45, 7) is 0.595. The molecule has 0 fully saturated rings. The van der Waals surface area contributed by atoms with E-state index in [0.29, 0.717) is 23.7 Å². The lowest BCUT2D eigenvalue weighted by Gasteiger charge is -2.10. The van der Waals surface area contributed by atoms with Crippen LogP contribution in [-0.4, -0.2) is 26.7 Å². The molecule has 0 bridgehead atoms. The van der Waals surface area contributed by atoms with E-state index in [0.717, 1.165) is 16.5 Å². The van der Waals surface area contributed by atoms with Gasteiger partial charge in [0, 0.05) is 29.0 Å². The smallest absolute Gasteiger partial charge is 0.267 e. The van der Waals surface area contributed by atoms with Crippen LogP contribution in [0.1, 0.15) is 5.56 Å². The Kier molecular flexibility index (Phi) is 7.71. The predicted octanol–water partition coefficient (Wildman–Crippen LogP) is 3.64. The van der Waals surface area contributed by atoms with Crippen LogP contribution in [0, 0.1) is 11.3 Å². The van der Waals surface area contributed by atoms with E-state index in [4.69, 9.17) is 9.47 Å². The third-order valence-electron chi connectivity index (χ3n) is 3.75. The Morgan fingerprint density at radius 3 is 2.59 bits per heavy atom. The van der Waals surface area contributed by atoms with Crippen LogP contribution >= 0.6 is 15.9 Å². The maximum Gasteiger partial charge on any atom is 0.267 e. The van der Waals surface area contributed by atoms with E-state index in [2.05, 4.69) is 26.6 Å². The van der Waals surface area contributed by atoms with Crippen molar-refractivity contribution >= 4 is 27.5 Å². The molecule has 7 heteroatoms. The maximum absolute atomic E-state index is 12.3. The minimum atomic E-state index is -0.502. The number of amides is 1. The van der Waals surface area contributed by atoms with Crippen molar-refractivity contribution in [3.05, 3.63) is 64.3 Å². The van der Waals surface area contributed by atoms with Gasteiger partial charge in [-0.2, -0.15) is 5.26 Å². The van der Waals surface area contributed by atoms with Gasteiger partial charge in [-0.1, -0.05) is 34.1 Å². The fourth-order valence-corrected chi connectivity index (χ4v) is 2.83. The highest BCUT2D eigenvalue weighted by Crippen LogP contribution is 2.29. The SMILES string of the molecule is COc1ccc(NC(=O)/C(C#N)=C\NCCc2ccccc2Br)cc1OC. The molecule has 0 aliphatic carbocycles. The van der Waals surface area contributed by atoms with E-state index in [1.54, 1.807) is 18.2 Å². The zero-order chi connectivity index (χ0) is 19.6. The summed E-state index contributed by atoms with van der Waals surface area (Å²) >= 11 is 3.49. The predicted molar refractivity (Wildman–Crippen MR) is 108 cm³/mol. The Morgan fingerprint density at radius 1 is 1.19 bits per heavy atom. The molecule has 0 aromatic heterocycles. The zero-order valence-corrected chi connectivity index (χ0v) is 16.7. The summed E-state index contributed by atoms with van der Waals surface area (Å²) in [4.78, 5) is 12.3. The molecule has 1 amide bonds. The molecule has 6 nitrogen and oxygen atoms in total. The van der Waals surface area contributed by atoms with Gasteiger partial charge in [0.25, 0.3) is 5.91 Å². The van der Waals surface area contributed by atoms with Gasteiger partial charge in [-0.25, -0.2) is 0 Å². The van der Waals surface area contributed by atoms with E-state index < -0.39 is 5.91 Å². The summed E-state index contributed by atoms with van der Waals surface area (Å²) in [5.74, 6) is 0.544. The maximum atomic E-state index is 12.3. The van der Waals surface area contributed by atoms with Crippen molar-refractivity contribution < 1.29 is 14.3 Å². The monoisotopic (exact) mass is 429 g/mol. The molecule has 0 aliphatic heterocycles. The number of hydrogen-bond donors (Lipinski definition) is 2. The lowest BCUT2D eigenvalue weighted by atomic mass is 10.1. The largest absolute Gasteiger partial charge is 0.493 e. The molecule has 140 valence electrons. The van der Waals surface area contributed by atoms with Crippen molar-refractivity contribution in [1.82, 2.24) is 5.32 Å². The molecular formula is C20H20BrN3O3. The van der Waals surface area contributed by atoms with Crippen LogP contribution in [0.4, 0.5) is 5.69 Å². The van der Waals surface area contributed by atoms with Gasteiger partial charge in [-0.15, -0.1) is 0 Å². The average Bonchev–Trinajstić information content (AvgIpc) is 2.69. The van der Waals surface area contributed by atoms with Crippen LogP contribution in [0.5, 0.6) is 11.5 Å². The van der Waals surface area contributed by atoms with Crippen molar-refractivity contribution in [2.75, 3.05) is 26.1 Å². The molecule has 0 saturated heterocycles. The number of halogens is 1. The highest BCUT2D eigenvalue weighted by Gasteiger charge is 2.11. The summed E-state index contributed by atoms with van der Waals surface area (Å²) in [6, 6.07) is 14.8. The van der Waals surface area contributed by atoms with Gasteiger partial charge in [0.1, 0.15) is 11.6 Å². The molecule has 0 atom stereocenters. The molecule has 0 aliphatic rings. The first-order valence-corrected chi connectivity index (χ1v) is 8.98. The van der Waals surface area contributed by atoms with Gasteiger partial charge < -0.3 is 20.1 Å². The highest BCUT2D eigenvalue weighted by atomic mass is 79.9. The van der Waals surface area contributed by atoms with Crippen LogP contribution in [0.15, 0.2) is 58.7 Å².